The molecule has 2 heterocycles. The average Bonchev–Trinajstić information content (AvgIpc) is 3.16. The van der Waals surface area contributed by atoms with E-state index in [-0.39, 0.29) is 24.6 Å². The van der Waals surface area contributed by atoms with Gasteiger partial charge in [-0.25, -0.2) is 0 Å². The van der Waals surface area contributed by atoms with Gasteiger partial charge in [0.2, 0.25) is 0 Å². The van der Waals surface area contributed by atoms with E-state index in [2.05, 4.69) is 0 Å². The maximum atomic E-state index is 5.74. The predicted molar refractivity (Wildman–Crippen MR) is 60.4 cm³/mol. The highest BCUT2D eigenvalue weighted by atomic mass is 16.7. The number of epoxide rings is 1. The van der Waals surface area contributed by atoms with Crippen LogP contribution in [0.1, 0.15) is 5.56 Å². The fourth-order valence-electron chi connectivity index (χ4n) is 2.16. The molecule has 4 nitrogen and oxygen atoms in total. The van der Waals surface area contributed by atoms with Crippen molar-refractivity contribution >= 4 is 0 Å². The Labute approximate surface area is 100 Å². The minimum atomic E-state index is -0.330. The summed E-state index contributed by atoms with van der Waals surface area (Å²) in [6, 6.07) is 10.0. The zero-order chi connectivity index (χ0) is 11.7. The molecule has 0 aliphatic carbocycles. The number of benzene rings is 1. The zero-order valence-corrected chi connectivity index (χ0v) is 9.74. The molecule has 0 spiro atoms. The normalized spacial score (nSPS) is 35.4. The van der Waals surface area contributed by atoms with E-state index in [1.807, 2.05) is 30.3 Å². The van der Waals surface area contributed by atoms with Gasteiger partial charge in [-0.1, -0.05) is 30.3 Å². The Bertz CT molecular complexity index is 367. The van der Waals surface area contributed by atoms with E-state index in [1.54, 1.807) is 7.11 Å². The third-order valence-electron chi connectivity index (χ3n) is 3.17. The monoisotopic (exact) mass is 236 g/mol. The Kier molecular flexibility index (Phi) is 3.11. The van der Waals surface area contributed by atoms with Crippen LogP contribution in [0.2, 0.25) is 0 Å². The molecule has 0 saturated carbocycles. The van der Waals surface area contributed by atoms with Crippen molar-refractivity contribution in [3.05, 3.63) is 35.9 Å². The van der Waals surface area contributed by atoms with Crippen LogP contribution in [0.3, 0.4) is 0 Å². The molecule has 4 atom stereocenters. The summed E-state index contributed by atoms with van der Waals surface area (Å²) in [7, 11) is 1.66. The lowest BCUT2D eigenvalue weighted by atomic mass is 10.1. The van der Waals surface area contributed by atoms with Crippen LogP contribution < -0.4 is 0 Å². The van der Waals surface area contributed by atoms with E-state index < -0.39 is 0 Å². The van der Waals surface area contributed by atoms with Crippen molar-refractivity contribution in [1.82, 2.24) is 0 Å². The van der Waals surface area contributed by atoms with Gasteiger partial charge in [0.15, 0.2) is 6.29 Å². The summed E-state index contributed by atoms with van der Waals surface area (Å²) in [4.78, 5) is 0. The number of ether oxygens (including phenoxy) is 4. The standard InChI is InChI=1S/C13H16O4/c1-14-12-11-10(17-11)8-16-13(12)15-7-9-5-3-2-4-6-9/h2-6,10-13H,7-8H2,1H3/t10-,11-,12-,13-/m1/s1. The first-order chi connectivity index (χ1) is 8.38. The van der Waals surface area contributed by atoms with Crippen molar-refractivity contribution in [1.29, 1.82) is 0 Å². The molecular weight excluding hydrogens is 220 g/mol. The maximum absolute atomic E-state index is 5.74. The smallest absolute Gasteiger partial charge is 0.186 e. The summed E-state index contributed by atoms with van der Waals surface area (Å²) in [6.45, 7) is 1.13. The van der Waals surface area contributed by atoms with Crippen molar-refractivity contribution in [2.75, 3.05) is 13.7 Å². The Morgan fingerprint density at radius 3 is 2.88 bits per heavy atom. The van der Waals surface area contributed by atoms with Crippen molar-refractivity contribution in [3.63, 3.8) is 0 Å². The highest BCUT2D eigenvalue weighted by molar-refractivity contribution is 5.13. The second-order valence-electron chi connectivity index (χ2n) is 4.34. The molecular formula is C13H16O4. The van der Waals surface area contributed by atoms with Gasteiger partial charge in [0.25, 0.3) is 0 Å². The summed E-state index contributed by atoms with van der Waals surface area (Å²) in [5.74, 6) is 0. The highest BCUT2D eigenvalue weighted by Gasteiger charge is 2.53. The molecule has 0 amide bonds. The third-order valence-corrected chi connectivity index (χ3v) is 3.17. The van der Waals surface area contributed by atoms with Gasteiger partial charge in [-0.2, -0.15) is 0 Å². The van der Waals surface area contributed by atoms with Crippen LogP contribution >= 0.6 is 0 Å². The number of fused-ring (bicyclic) bond motifs is 1. The second-order valence-corrected chi connectivity index (χ2v) is 4.34. The number of hydrogen-bond donors (Lipinski definition) is 0. The summed E-state index contributed by atoms with van der Waals surface area (Å²) >= 11 is 0. The van der Waals surface area contributed by atoms with Gasteiger partial charge in [0.1, 0.15) is 18.3 Å². The molecule has 2 fully saturated rings. The summed E-state index contributed by atoms with van der Waals surface area (Å²) < 4.78 is 22.1. The van der Waals surface area contributed by atoms with E-state index in [1.165, 1.54) is 0 Å². The van der Waals surface area contributed by atoms with Crippen LogP contribution in [-0.4, -0.2) is 38.3 Å². The second kappa shape index (κ2) is 4.74. The van der Waals surface area contributed by atoms with Crippen molar-refractivity contribution in [2.45, 2.75) is 31.2 Å². The topological polar surface area (TPSA) is 40.2 Å². The van der Waals surface area contributed by atoms with Crippen LogP contribution in [0.15, 0.2) is 30.3 Å². The van der Waals surface area contributed by atoms with Crippen molar-refractivity contribution in [2.24, 2.45) is 0 Å². The molecule has 17 heavy (non-hydrogen) atoms. The van der Waals surface area contributed by atoms with Crippen LogP contribution in [0.4, 0.5) is 0 Å². The fraction of sp³-hybridized carbons (Fsp3) is 0.538. The molecule has 0 N–H and O–H groups in total. The van der Waals surface area contributed by atoms with E-state index >= 15 is 0 Å². The summed E-state index contributed by atoms with van der Waals surface area (Å²) in [5.41, 5.74) is 1.13. The molecule has 0 aromatic heterocycles. The molecule has 2 aliphatic heterocycles. The van der Waals surface area contributed by atoms with Crippen LogP contribution in [0.5, 0.6) is 0 Å². The van der Waals surface area contributed by atoms with Gasteiger partial charge in [-0.05, 0) is 5.56 Å². The van der Waals surface area contributed by atoms with E-state index in [0.717, 1.165) is 5.56 Å². The van der Waals surface area contributed by atoms with Gasteiger partial charge < -0.3 is 18.9 Å². The summed E-state index contributed by atoms with van der Waals surface area (Å²) in [5, 5.41) is 0. The first-order valence-corrected chi connectivity index (χ1v) is 5.84. The first kappa shape index (κ1) is 11.2. The number of rotatable bonds is 4. The SMILES string of the molecule is CO[C@H]1[C@H](OCc2ccccc2)OC[C@H]2O[C@@H]12. The van der Waals surface area contributed by atoms with Crippen LogP contribution in [0.25, 0.3) is 0 Å². The largest absolute Gasteiger partial charge is 0.373 e. The highest BCUT2D eigenvalue weighted by Crippen LogP contribution is 2.35. The molecule has 0 bridgehead atoms. The fourth-order valence-corrected chi connectivity index (χ4v) is 2.16. The van der Waals surface area contributed by atoms with Gasteiger partial charge in [-0.3, -0.25) is 0 Å². The van der Waals surface area contributed by atoms with Gasteiger partial charge in [0, 0.05) is 7.11 Å². The van der Waals surface area contributed by atoms with Crippen molar-refractivity contribution in [3.8, 4) is 0 Å². The quantitative estimate of drug-likeness (QED) is 0.740. The third kappa shape index (κ3) is 2.35. The number of hydrogen-bond acceptors (Lipinski definition) is 4. The molecule has 1 aromatic carbocycles. The van der Waals surface area contributed by atoms with E-state index in [0.29, 0.717) is 13.2 Å². The lowest BCUT2D eigenvalue weighted by molar-refractivity contribution is -0.218. The molecule has 4 heteroatoms. The summed E-state index contributed by atoms with van der Waals surface area (Å²) in [6.07, 6.45) is -0.0903. The zero-order valence-electron chi connectivity index (χ0n) is 9.74. The molecule has 0 radical (unpaired) electrons. The van der Waals surface area contributed by atoms with Crippen LogP contribution in [0, 0.1) is 0 Å². The Balaban J connectivity index is 1.57. The molecule has 0 unspecified atom stereocenters. The van der Waals surface area contributed by atoms with E-state index in [9.17, 15) is 0 Å². The predicted octanol–water partition coefficient (Wildman–Crippen LogP) is 1.34. The van der Waals surface area contributed by atoms with E-state index in [4.69, 9.17) is 18.9 Å². The molecule has 3 rings (SSSR count). The first-order valence-electron chi connectivity index (χ1n) is 5.84. The molecule has 2 aliphatic rings. The lowest BCUT2D eigenvalue weighted by Gasteiger charge is -2.27. The Morgan fingerprint density at radius 2 is 2.12 bits per heavy atom. The van der Waals surface area contributed by atoms with Crippen LogP contribution in [-0.2, 0) is 25.6 Å². The molecule has 92 valence electrons. The average molecular weight is 236 g/mol. The Morgan fingerprint density at radius 1 is 1.29 bits per heavy atom. The minimum absolute atomic E-state index is 0.113. The maximum Gasteiger partial charge on any atom is 0.186 e. The van der Waals surface area contributed by atoms with Gasteiger partial charge >= 0.3 is 0 Å². The van der Waals surface area contributed by atoms with Gasteiger partial charge in [0.05, 0.1) is 13.2 Å². The molecule has 2 saturated heterocycles. The Hall–Kier alpha value is -0.940. The van der Waals surface area contributed by atoms with Crippen molar-refractivity contribution < 1.29 is 18.9 Å². The molecule has 1 aromatic rings. The minimum Gasteiger partial charge on any atom is -0.373 e. The number of methoxy groups -OCH3 is 1. The van der Waals surface area contributed by atoms with Gasteiger partial charge in [-0.15, -0.1) is 0 Å². The lowest BCUT2D eigenvalue weighted by Crippen LogP contribution is -2.43.